The molecule has 0 spiro atoms. The molecule has 2 N–H and O–H groups in total. The largest absolute Gasteiger partial charge is 0.443 e. The fourth-order valence-electron chi connectivity index (χ4n) is 2.31. The van der Waals surface area contributed by atoms with Crippen LogP contribution in [0, 0.1) is 6.92 Å². The molecule has 1 heterocycles. The lowest BCUT2D eigenvalue weighted by Crippen LogP contribution is -2.48. The number of nitrogens with zero attached hydrogens (tertiary/aromatic N) is 1. The van der Waals surface area contributed by atoms with E-state index in [1.807, 2.05) is 39.8 Å². The number of carbonyl (C=O) groups is 1. The molecule has 1 aromatic rings. The Kier molecular flexibility index (Phi) is 3.54. The Morgan fingerprint density at radius 1 is 1.42 bits per heavy atom. The van der Waals surface area contributed by atoms with E-state index in [1.54, 1.807) is 4.90 Å². The standard InChI is InChI=1S/C15H22N2O2/c1-10-5-6-13-11(7-10)8-12(16)9-17(13)14(18)19-15(2,3)4/h5-7,12H,8-9,16H2,1-4H3. The molecule has 1 aromatic carbocycles. The lowest BCUT2D eigenvalue weighted by Gasteiger charge is -2.34. The number of benzene rings is 1. The van der Waals surface area contributed by atoms with E-state index in [2.05, 4.69) is 6.07 Å². The number of anilines is 1. The van der Waals surface area contributed by atoms with Gasteiger partial charge in [0.25, 0.3) is 0 Å². The monoisotopic (exact) mass is 262 g/mol. The number of carbonyl (C=O) groups excluding carboxylic acids is 1. The first-order valence-corrected chi connectivity index (χ1v) is 6.62. The van der Waals surface area contributed by atoms with Crippen molar-refractivity contribution >= 4 is 11.8 Å². The molecule has 19 heavy (non-hydrogen) atoms. The molecule has 1 aliphatic heterocycles. The molecule has 0 aromatic heterocycles. The highest BCUT2D eigenvalue weighted by atomic mass is 16.6. The van der Waals surface area contributed by atoms with Crippen LogP contribution in [0.25, 0.3) is 0 Å². The predicted molar refractivity (Wildman–Crippen MR) is 76.4 cm³/mol. The van der Waals surface area contributed by atoms with Gasteiger partial charge in [0.1, 0.15) is 5.60 Å². The summed E-state index contributed by atoms with van der Waals surface area (Å²) in [7, 11) is 0. The van der Waals surface area contributed by atoms with Crippen LogP contribution in [0.1, 0.15) is 31.9 Å². The average molecular weight is 262 g/mol. The minimum atomic E-state index is -0.497. The lowest BCUT2D eigenvalue weighted by atomic mass is 9.97. The maximum Gasteiger partial charge on any atom is 0.414 e. The second-order valence-electron chi connectivity index (χ2n) is 6.19. The number of fused-ring (bicyclic) bond motifs is 1. The summed E-state index contributed by atoms with van der Waals surface area (Å²) in [4.78, 5) is 13.9. The number of ether oxygens (including phenoxy) is 1. The SMILES string of the molecule is Cc1ccc2c(c1)CC(N)CN2C(=O)OC(C)(C)C. The van der Waals surface area contributed by atoms with Gasteiger partial charge in [-0.05, 0) is 45.7 Å². The van der Waals surface area contributed by atoms with Gasteiger partial charge in [-0.3, -0.25) is 4.90 Å². The number of hydrogen-bond acceptors (Lipinski definition) is 3. The minimum absolute atomic E-state index is 0.0400. The highest BCUT2D eigenvalue weighted by molar-refractivity contribution is 5.89. The fraction of sp³-hybridized carbons (Fsp3) is 0.533. The third-order valence-electron chi connectivity index (χ3n) is 3.04. The smallest absolute Gasteiger partial charge is 0.414 e. The van der Waals surface area contributed by atoms with E-state index in [0.29, 0.717) is 6.54 Å². The van der Waals surface area contributed by atoms with Crippen molar-refractivity contribution < 1.29 is 9.53 Å². The molecule has 1 amide bonds. The van der Waals surface area contributed by atoms with Crippen molar-refractivity contribution in [1.29, 1.82) is 0 Å². The van der Waals surface area contributed by atoms with Crippen molar-refractivity contribution in [2.75, 3.05) is 11.4 Å². The van der Waals surface area contributed by atoms with E-state index in [9.17, 15) is 4.79 Å². The van der Waals surface area contributed by atoms with Crippen LogP contribution >= 0.6 is 0 Å². The van der Waals surface area contributed by atoms with Gasteiger partial charge in [-0.25, -0.2) is 4.79 Å². The van der Waals surface area contributed by atoms with Crippen LogP contribution in [-0.2, 0) is 11.2 Å². The van der Waals surface area contributed by atoms with Crippen LogP contribution in [-0.4, -0.2) is 24.3 Å². The Balaban J connectivity index is 2.30. The van der Waals surface area contributed by atoms with Gasteiger partial charge in [0, 0.05) is 12.6 Å². The van der Waals surface area contributed by atoms with E-state index in [4.69, 9.17) is 10.5 Å². The average Bonchev–Trinajstić information content (AvgIpc) is 2.24. The van der Waals surface area contributed by atoms with Crippen molar-refractivity contribution in [3.8, 4) is 0 Å². The molecule has 1 aliphatic rings. The lowest BCUT2D eigenvalue weighted by molar-refractivity contribution is 0.0575. The van der Waals surface area contributed by atoms with Gasteiger partial charge in [-0.15, -0.1) is 0 Å². The zero-order valence-corrected chi connectivity index (χ0v) is 12.1. The summed E-state index contributed by atoms with van der Waals surface area (Å²) >= 11 is 0. The molecule has 0 saturated heterocycles. The molecular weight excluding hydrogens is 240 g/mol. The van der Waals surface area contributed by atoms with Crippen LogP contribution in [0.3, 0.4) is 0 Å². The van der Waals surface area contributed by atoms with Crippen LogP contribution in [0.15, 0.2) is 18.2 Å². The van der Waals surface area contributed by atoms with E-state index in [1.165, 1.54) is 5.56 Å². The van der Waals surface area contributed by atoms with Gasteiger partial charge in [-0.2, -0.15) is 0 Å². The molecule has 0 radical (unpaired) electrons. The number of rotatable bonds is 0. The van der Waals surface area contributed by atoms with Crippen molar-refractivity contribution in [1.82, 2.24) is 0 Å². The summed E-state index contributed by atoms with van der Waals surface area (Å²) < 4.78 is 5.44. The maximum atomic E-state index is 12.3. The van der Waals surface area contributed by atoms with E-state index in [0.717, 1.165) is 17.7 Å². The normalized spacial score (nSPS) is 19.0. The highest BCUT2D eigenvalue weighted by Crippen LogP contribution is 2.29. The second kappa shape index (κ2) is 4.85. The quantitative estimate of drug-likeness (QED) is 0.782. The minimum Gasteiger partial charge on any atom is -0.443 e. The summed E-state index contributed by atoms with van der Waals surface area (Å²) in [5.41, 5.74) is 8.76. The van der Waals surface area contributed by atoms with Crippen LogP contribution in [0.5, 0.6) is 0 Å². The summed E-state index contributed by atoms with van der Waals surface area (Å²) in [5, 5.41) is 0. The Labute approximate surface area is 114 Å². The third kappa shape index (κ3) is 3.26. The Hall–Kier alpha value is -1.55. The molecule has 0 saturated carbocycles. The predicted octanol–water partition coefficient (Wildman–Crippen LogP) is 2.62. The molecule has 0 fully saturated rings. The zero-order valence-electron chi connectivity index (χ0n) is 12.1. The summed E-state index contributed by atoms with van der Waals surface area (Å²) in [6.45, 7) is 8.14. The molecule has 2 rings (SSSR count). The molecule has 0 aliphatic carbocycles. The zero-order chi connectivity index (χ0) is 14.2. The molecule has 104 valence electrons. The van der Waals surface area contributed by atoms with E-state index < -0.39 is 5.60 Å². The first-order valence-electron chi connectivity index (χ1n) is 6.62. The molecule has 4 nitrogen and oxygen atoms in total. The van der Waals surface area contributed by atoms with Gasteiger partial charge >= 0.3 is 6.09 Å². The van der Waals surface area contributed by atoms with E-state index in [-0.39, 0.29) is 12.1 Å². The van der Waals surface area contributed by atoms with Crippen LogP contribution in [0.4, 0.5) is 10.5 Å². The van der Waals surface area contributed by atoms with Gasteiger partial charge in [0.15, 0.2) is 0 Å². The summed E-state index contributed by atoms with van der Waals surface area (Å²) in [6, 6.07) is 6.03. The van der Waals surface area contributed by atoms with Crippen molar-refractivity contribution in [2.45, 2.75) is 45.8 Å². The van der Waals surface area contributed by atoms with Crippen LogP contribution < -0.4 is 10.6 Å². The van der Waals surface area contributed by atoms with Gasteiger partial charge < -0.3 is 10.5 Å². The van der Waals surface area contributed by atoms with Crippen molar-refractivity contribution in [3.63, 3.8) is 0 Å². The summed E-state index contributed by atoms with van der Waals surface area (Å²) in [5.74, 6) is 0. The number of amides is 1. The van der Waals surface area contributed by atoms with Gasteiger partial charge in [0.2, 0.25) is 0 Å². The third-order valence-corrected chi connectivity index (χ3v) is 3.04. The Morgan fingerprint density at radius 2 is 2.11 bits per heavy atom. The summed E-state index contributed by atoms with van der Waals surface area (Å²) in [6.07, 6.45) is 0.476. The van der Waals surface area contributed by atoms with Crippen LogP contribution in [0.2, 0.25) is 0 Å². The maximum absolute atomic E-state index is 12.3. The molecule has 1 atom stereocenters. The second-order valence-corrected chi connectivity index (χ2v) is 6.19. The molecular formula is C15H22N2O2. The van der Waals surface area contributed by atoms with Gasteiger partial charge in [0.05, 0.1) is 5.69 Å². The van der Waals surface area contributed by atoms with Crippen molar-refractivity contribution in [3.05, 3.63) is 29.3 Å². The van der Waals surface area contributed by atoms with Gasteiger partial charge in [-0.1, -0.05) is 17.7 Å². The first-order chi connectivity index (χ1) is 8.76. The van der Waals surface area contributed by atoms with Crippen molar-refractivity contribution in [2.24, 2.45) is 5.73 Å². The first kappa shape index (κ1) is 13.9. The number of nitrogens with two attached hydrogens (primary N) is 1. The van der Waals surface area contributed by atoms with E-state index >= 15 is 0 Å². The Bertz CT molecular complexity index is 491. The topological polar surface area (TPSA) is 55.6 Å². The molecule has 4 heteroatoms. The highest BCUT2D eigenvalue weighted by Gasteiger charge is 2.30. The fourth-order valence-corrected chi connectivity index (χ4v) is 2.31. The molecule has 1 unspecified atom stereocenters. The number of aryl methyl sites for hydroxylation is 1. The Morgan fingerprint density at radius 3 is 2.74 bits per heavy atom. The molecule has 0 bridgehead atoms. The number of hydrogen-bond donors (Lipinski definition) is 1.